The number of carbonyl (C=O) groups is 2. The summed E-state index contributed by atoms with van der Waals surface area (Å²) < 4.78 is 18.1. The van der Waals surface area contributed by atoms with Crippen molar-refractivity contribution in [2.24, 2.45) is 0 Å². The third kappa shape index (κ3) is 5.60. The Kier molecular flexibility index (Phi) is 8.69. The van der Waals surface area contributed by atoms with Crippen molar-refractivity contribution < 1.29 is 28.9 Å². The second-order valence-corrected chi connectivity index (χ2v) is 9.97. The minimum Gasteiger partial charge on any atom is -0.507 e. The average Bonchev–Trinajstić information content (AvgIpc) is 3.49. The topological polar surface area (TPSA) is 85.3 Å². The first-order valence-corrected chi connectivity index (χ1v) is 13.2. The molecule has 2 aromatic rings. The molecule has 2 atom stereocenters. The molecule has 2 saturated heterocycles. The lowest BCUT2D eigenvalue weighted by Crippen LogP contribution is -2.36. The molecule has 0 saturated carbocycles. The van der Waals surface area contributed by atoms with Gasteiger partial charge in [-0.15, -0.1) is 0 Å². The molecule has 2 fully saturated rings. The third-order valence-corrected chi connectivity index (χ3v) is 7.12. The second kappa shape index (κ2) is 11.9. The predicted molar refractivity (Wildman–Crippen MR) is 140 cm³/mol. The van der Waals surface area contributed by atoms with E-state index in [0.29, 0.717) is 35.8 Å². The lowest BCUT2D eigenvalue weighted by atomic mass is 9.95. The van der Waals surface area contributed by atoms with Gasteiger partial charge in [-0.25, -0.2) is 0 Å². The molecule has 1 amide bonds. The SMILES string of the molecule is CCCCCOc1ccc(C2C(=C(O)c3ccc(Br)cc3)C(=O)C(=O)N2CC2CCCO2)cc1OC. The van der Waals surface area contributed by atoms with E-state index in [0.717, 1.165) is 36.6 Å². The first kappa shape index (κ1) is 26.2. The average molecular weight is 558 g/mol. The summed E-state index contributed by atoms with van der Waals surface area (Å²) in [4.78, 5) is 28.0. The van der Waals surface area contributed by atoms with Gasteiger partial charge in [0.05, 0.1) is 31.4 Å². The zero-order valence-corrected chi connectivity index (χ0v) is 22.3. The molecule has 1 N–H and O–H groups in total. The van der Waals surface area contributed by atoms with Gasteiger partial charge in [0, 0.05) is 23.2 Å². The fraction of sp³-hybridized carbons (Fsp3) is 0.429. The van der Waals surface area contributed by atoms with E-state index in [9.17, 15) is 14.7 Å². The number of likely N-dealkylation sites (tertiary alicyclic amines) is 1. The van der Waals surface area contributed by atoms with E-state index in [1.54, 1.807) is 43.5 Å². The lowest BCUT2D eigenvalue weighted by Gasteiger charge is -2.28. The molecule has 2 aliphatic rings. The summed E-state index contributed by atoms with van der Waals surface area (Å²) >= 11 is 3.39. The number of benzene rings is 2. The van der Waals surface area contributed by atoms with Gasteiger partial charge in [-0.3, -0.25) is 9.59 Å². The van der Waals surface area contributed by atoms with Crippen LogP contribution in [0.1, 0.15) is 56.2 Å². The molecular weight excluding hydrogens is 526 g/mol. The van der Waals surface area contributed by atoms with E-state index >= 15 is 0 Å². The van der Waals surface area contributed by atoms with Crippen LogP contribution in [0.15, 0.2) is 52.5 Å². The second-order valence-electron chi connectivity index (χ2n) is 9.06. The van der Waals surface area contributed by atoms with E-state index in [1.165, 1.54) is 4.90 Å². The molecule has 2 aromatic carbocycles. The Hall–Kier alpha value is -2.84. The van der Waals surface area contributed by atoms with Crippen LogP contribution < -0.4 is 9.47 Å². The highest BCUT2D eigenvalue weighted by Gasteiger charge is 2.47. The number of hydrogen-bond donors (Lipinski definition) is 1. The van der Waals surface area contributed by atoms with E-state index in [-0.39, 0.29) is 24.0 Å². The number of aliphatic hydroxyl groups excluding tert-OH is 1. The number of rotatable bonds is 10. The van der Waals surface area contributed by atoms with Gasteiger partial charge in [-0.1, -0.05) is 53.9 Å². The first-order valence-electron chi connectivity index (χ1n) is 12.4. The van der Waals surface area contributed by atoms with Crippen LogP contribution in [0, 0.1) is 0 Å². The van der Waals surface area contributed by atoms with Gasteiger partial charge in [-0.05, 0) is 49.1 Å². The smallest absolute Gasteiger partial charge is 0.295 e. The van der Waals surface area contributed by atoms with Crippen LogP contribution in [0.2, 0.25) is 0 Å². The van der Waals surface area contributed by atoms with E-state index < -0.39 is 17.7 Å². The van der Waals surface area contributed by atoms with Crippen molar-refractivity contribution in [3.8, 4) is 11.5 Å². The van der Waals surface area contributed by atoms with Crippen LogP contribution in [0.4, 0.5) is 0 Å². The number of ether oxygens (including phenoxy) is 3. The molecule has 0 aromatic heterocycles. The third-order valence-electron chi connectivity index (χ3n) is 6.59. The van der Waals surface area contributed by atoms with Gasteiger partial charge >= 0.3 is 0 Å². The van der Waals surface area contributed by atoms with E-state index in [4.69, 9.17) is 14.2 Å². The molecule has 2 aliphatic heterocycles. The molecule has 36 heavy (non-hydrogen) atoms. The van der Waals surface area contributed by atoms with Crippen LogP contribution in [0.25, 0.3) is 5.76 Å². The minimum absolute atomic E-state index is 0.0546. The Morgan fingerprint density at radius 1 is 1.14 bits per heavy atom. The van der Waals surface area contributed by atoms with E-state index in [1.807, 2.05) is 6.07 Å². The number of aliphatic hydroxyl groups is 1. The van der Waals surface area contributed by atoms with Crippen LogP contribution >= 0.6 is 15.9 Å². The van der Waals surface area contributed by atoms with Gasteiger partial charge in [0.25, 0.3) is 11.7 Å². The maximum atomic E-state index is 13.3. The number of Topliss-reactive ketones (excluding diaryl/α,β-unsaturated/α-hetero) is 1. The molecule has 192 valence electrons. The first-order chi connectivity index (χ1) is 17.4. The van der Waals surface area contributed by atoms with E-state index in [2.05, 4.69) is 22.9 Å². The molecule has 0 bridgehead atoms. The number of hydrogen-bond acceptors (Lipinski definition) is 6. The Balaban J connectivity index is 1.75. The number of halogens is 1. The number of nitrogens with zero attached hydrogens (tertiary/aromatic N) is 1. The Labute approximate surface area is 220 Å². The molecule has 2 unspecified atom stereocenters. The Bertz CT molecular complexity index is 1120. The predicted octanol–water partition coefficient (Wildman–Crippen LogP) is 5.63. The lowest BCUT2D eigenvalue weighted by molar-refractivity contribution is -0.140. The van der Waals surface area contributed by atoms with Crippen molar-refractivity contribution in [3.63, 3.8) is 0 Å². The van der Waals surface area contributed by atoms with Crippen molar-refractivity contribution in [2.75, 3.05) is 26.9 Å². The summed E-state index contributed by atoms with van der Waals surface area (Å²) in [5.41, 5.74) is 1.17. The summed E-state index contributed by atoms with van der Waals surface area (Å²) in [6, 6.07) is 11.6. The number of amides is 1. The fourth-order valence-electron chi connectivity index (χ4n) is 4.69. The van der Waals surface area contributed by atoms with Crippen molar-refractivity contribution in [1.82, 2.24) is 4.90 Å². The summed E-state index contributed by atoms with van der Waals surface area (Å²) in [5.74, 6) is -0.457. The number of carbonyl (C=O) groups excluding carboxylic acids is 2. The summed E-state index contributed by atoms with van der Waals surface area (Å²) in [5, 5.41) is 11.2. The van der Waals surface area contributed by atoms with Gasteiger partial charge in [0.1, 0.15) is 5.76 Å². The number of unbranched alkanes of at least 4 members (excludes halogenated alkanes) is 2. The molecule has 2 heterocycles. The van der Waals surface area contributed by atoms with Crippen molar-refractivity contribution in [3.05, 3.63) is 63.6 Å². The highest BCUT2D eigenvalue weighted by Crippen LogP contribution is 2.42. The monoisotopic (exact) mass is 557 g/mol. The van der Waals surface area contributed by atoms with Crippen molar-refractivity contribution in [1.29, 1.82) is 0 Å². The van der Waals surface area contributed by atoms with Gasteiger partial charge in [0.2, 0.25) is 0 Å². The van der Waals surface area contributed by atoms with Crippen molar-refractivity contribution in [2.45, 2.75) is 51.2 Å². The summed E-state index contributed by atoms with van der Waals surface area (Å²) in [6.07, 6.45) is 4.69. The maximum Gasteiger partial charge on any atom is 0.295 e. The zero-order chi connectivity index (χ0) is 25.7. The van der Waals surface area contributed by atoms with Gasteiger partial charge in [-0.2, -0.15) is 0 Å². The quantitative estimate of drug-likeness (QED) is 0.176. The van der Waals surface area contributed by atoms with Crippen LogP contribution in [0.3, 0.4) is 0 Å². The summed E-state index contributed by atoms with van der Waals surface area (Å²) in [7, 11) is 1.56. The zero-order valence-electron chi connectivity index (χ0n) is 20.7. The molecule has 0 radical (unpaired) electrons. The Morgan fingerprint density at radius 3 is 2.58 bits per heavy atom. The van der Waals surface area contributed by atoms with Crippen LogP contribution in [-0.4, -0.2) is 54.7 Å². The maximum absolute atomic E-state index is 13.3. The molecule has 0 aliphatic carbocycles. The van der Waals surface area contributed by atoms with Gasteiger partial charge in [0.15, 0.2) is 11.5 Å². The Morgan fingerprint density at radius 2 is 1.92 bits per heavy atom. The molecule has 8 heteroatoms. The molecular formula is C28H32BrNO6. The molecule has 7 nitrogen and oxygen atoms in total. The minimum atomic E-state index is -0.777. The highest BCUT2D eigenvalue weighted by atomic mass is 79.9. The number of ketones is 1. The van der Waals surface area contributed by atoms with Crippen LogP contribution in [-0.2, 0) is 14.3 Å². The van der Waals surface area contributed by atoms with Gasteiger partial charge < -0.3 is 24.2 Å². The fourth-order valence-corrected chi connectivity index (χ4v) is 4.96. The molecule has 0 spiro atoms. The largest absolute Gasteiger partial charge is 0.507 e. The standard InChI is InChI=1S/C28H32BrNO6/c1-3-4-5-14-36-22-13-10-19(16-23(22)34-2)25-24(26(31)18-8-11-20(29)12-9-18)27(32)28(33)30(25)17-21-7-6-15-35-21/h8-13,16,21,25,31H,3-7,14-15,17H2,1-2H3. The summed E-state index contributed by atoms with van der Waals surface area (Å²) in [6.45, 7) is 3.61. The normalized spacial score (nSPS) is 21.2. The van der Waals surface area contributed by atoms with Crippen molar-refractivity contribution >= 4 is 33.4 Å². The number of methoxy groups -OCH3 is 1. The van der Waals surface area contributed by atoms with Crippen LogP contribution in [0.5, 0.6) is 11.5 Å². The molecule has 4 rings (SSSR count). The highest BCUT2D eigenvalue weighted by molar-refractivity contribution is 9.10.